The van der Waals surface area contributed by atoms with Crippen LogP contribution < -0.4 is 0 Å². The van der Waals surface area contributed by atoms with Crippen molar-refractivity contribution in [2.24, 2.45) is 0 Å². The van der Waals surface area contributed by atoms with Gasteiger partial charge >= 0.3 is 0 Å². The quantitative estimate of drug-likeness (QED) is 0.158. The SMILES string of the molecule is CC(C)(C)c1c2ccc(-c3ccc4c5c(-c6c7ccccc7c(-c7ccccc7)c7ccccc67)c6cc(-c7cc8c9ccccc9n9c%10cc%11ccccc%11c(-c%11cccc%12c%11oc%11ccccc%11%12)c%10c(c7)c89)ccc6cc5n5c6ccccc6c3c45)cc2cc2c1c1cccc3c4ccccc4n2c31. The molecular weight excluding hydrogens is 1280 g/mol. The second kappa shape index (κ2) is 20.2. The van der Waals surface area contributed by atoms with Gasteiger partial charge in [-0.1, -0.05) is 269 Å². The smallest absolute Gasteiger partial charge is 0.143 e. The van der Waals surface area contributed by atoms with Gasteiger partial charge in [0.1, 0.15) is 11.2 Å². The molecule has 0 saturated heterocycles. The molecule has 0 unspecified atom stereocenters. The maximum Gasteiger partial charge on any atom is 0.143 e. The number of nitrogens with zero attached hydrogens (tertiary/aromatic N) is 3. The number of aromatic nitrogens is 3. The molecule has 7 aromatic heterocycles. The third-order valence-corrected chi connectivity index (χ3v) is 24.4. The number of hydrogen-bond acceptors (Lipinski definition) is 1. The van der Waals surface area contributed by atoms with Gasteiger partial charge in [-0.2, -0.15) is 0 Å². The van der Waals surface area contributed by atoms with Crippen LogP contribution in [0.25, 0.3) is 246 Å². The van der Waals surface area contributed by atoms with Gasteiger partial charge in [-0.3, -0.25) is 0 Å². The standard InChI is InChI=1S/C102H61N3O/c1-102(2,3)97-65-46-45-59(49-62(65)55-87-95(97)76-37-21-35-73-66-27-13-17-39-82(66)104(87)98(73)76)64-47-48-77-93-85(105-84-41-19-15-34-75(84)92(64)100(77)105)54-60-44-43-57(50-79(60)96(93)91-71-32-11-9-30-69(71)89(56-23-5-4-6-24-56)70-31-10-12-33-72(70)91)61-51-80-67-28-14-18-40-83(67)103-86-53-58-25-7-8-26-63(58)90(94(86)81(52-61)99(80)103)78-38-22-36-74-68-29-16-20-42-88(68)106-101(74)78/h4-55H,1-3H3. The van der Waals surface area contributed by atoms with Gasteiger partial charge in [-0.05, 0) is 171 Å². The van der Waals surface area contributed by atoms with E-state index in [0.29, 0.717) is 0 Å². The number of fused-ring (bicyclic) bond motifs is 26. The highest BCUT2D eigenvalue weighted by Gasteiger charge is 2.32. The predicted octanol–water partition coefficient (Wildman–Crippen LogP) is 28.4. The van der Waals surface area contributed by atoms with E-state index in [1.165, 1.54) is 218 Å². The van der Waals surface area contributed by atoms with Crippen molar-refractivity contribution in [3.63, 3.8) is 0 Å². The molecule has 0 atom stereocenters. The molecule has 25 aromatic rings. The first-order valence-electron chi connectivity index (χ1n) is 37.1. The number of para-hydroxylation sites is 6. The van der Waals surface area contributed by atoms with Crippen LogP contribution in [-0.2, 0) is 5.41 Å². The fourth-order valence-corrected chi connectivity index (χ4v) is 20.3. The van der Waals surface area contributed by atoms with E-state index in [9.17, 15) is 0 Å². The fourth-order valence-electron chi connectivity index (χ4n) is 20.3. The van der Waals surface area contributed by atoms with Gasteiger partial charge in [0.2, 0.25) is 0 Å². The van der Waals surface area contributed by atoms with E-state index in [1.54, 1.807) is 0 Å². The summed E-state index contributed by atoms with van der Waals surface area (Å²) in [5.41, 5.74) is 26.1. The lowest BCUT2D eigenvalue weighted by Crippen LogP contribution is -2.12. The van der Waals surface area contributed by atoms with Crippen LogP contribution >= 0.6 is 0 Å². The number of furan rings is 1. The maximum atomic E-state index is 6.98. The van der Waals surface area contributed by atoms with Crippen LogP contribution in [-0.4, -0.2) is 13.2 Å². The van der Waals surface area contributed by atoms with E-state index in [4.69, 9.17) is 4.42 Å². The van der Waals surface area contributed by atoms with Crippen molar-refractivity contribution in [3.05, 3.63) is 321 Å². The van der Waals surface area contributed by atoms with Crippen molar-refractivity contribution in [2.45, 2.75) is 26.2 Å². The molecule has 0 spiro atoms. The second-order valence-corrected chi connectivity index (χ2v) is 30.8. The van der Waals surface area contributed by atoms with Gasteiger partial charge < -0.3 is 17.6 Å². The summed E-state index contributed by atoms with van der Waals surface area (Å²) in [6, 6.07) is 120. The van der Waals surface area contributed by atoms with Crippen molar-refractivity contribution in [1.29, 1.82) is 0 Å². The molecule has 25 rings (SSSR count). The lowest BCUT2D eigenvalue weighted by atomic mass is 9.80. The average molecular weight is 1340 g/mol. The van der Waals surface area contributed by atoms with E-state index < -0.39 is 0 Å². The van der Waals surface area contributed by atoms with E-state index in [0.717, 1.165) is 33.1 Å². The summed E-state index contributed by atoms with van der Waals surface area (Å²) in [6.45, 7) is 7.18. The van der Waals surface area contributed by atoms with Crippen molar-refractivity contribution in [2.75, 3.05) is 0 Å². The minimum atomic E-state index is -0.147. The van der Waals surface area contributed by atoms with Gasteiger partial charge in [-0.15, -0.1) is 0 Å². The molecule has 0 aliphatic carbocycles. The summed E-state index contributed by atoms with van der Waals surface area (Å²) < 4.78 is 14.7. The first kappa shape index (κ1) is 57.0. The summed E-state index contributed by atoms with van der Waals surface area (Å²) in [5.74, 6) is 0. The summed E-state index contributed by atoms with van der Waals surface area (Å²) in [7, 11) is 0. The summed E-state index contributed by atoms with van der Waals surface area (Å²) in [4.78, 5) is 0. The lowest BCUT2D eigenvalue weighted by molar-refractivity contribution is 0.601. The molecule has 0 aliphatic rings. The minimum absolute atomic E-state index is 0.147. The number of rotatable bonds is 5. The van der Waals surface area contributed by atoms with Gasteiger partial charge in [0, 0.05) is 92.1 Å². The Hall–Kier alpha value is -13.5. The Balaban J connectivity index is 0.794. The zero-order valence-corrected chi connectivity index (χ0v) is 58.3. The molecule has 0 N–H and O–H groups in total. The molecule has 0 fully saturated rings. The summed E-state index contributed by atoms with van der Waals surface area (Å²) in [5, 5.41) is 29.7. The van der Waals surface area contributed by atoms with E-state index in [1.807, 2.05) is 0 Å². The summed E-state index contributed by atoms with van der Waals surface area (Å²) >= 11 is 0. The van der Waals surface area contributed by atoms with Gasteiger partial charge in [0.15, 0.2) is 0 Å². The maximum absolute atomic E-state index is 6.98. The lowest BCUT2D eigenvalue weighted by Gasteiger charge is -2.24. The number of hydrogen-bond donors (Lipinski definition) is 0. The predicted molar refractivity (Wildman–Crippen MR) is 451 cm³/mol. The Morgan fingerprint density at radius 1 is 0.226 bits per heavy atom. The number of benzene rings is 18. The topological polar surface area (TPSA) is 26.4 Å². The molecule has 7 heterocycles. The van der Waals surface area contributed by atoms with Crippen LogP contribution in [0.3, 0.4) is 0 Å². The van der Waals surface area contributed by atoms with Crippen molar-refractivity contribution in [1.82, 2.24) is 13.2 Å². The Morgan fingerprint density at radius 2 is 0.726 bits per heavy atom. The molecule has 106 heavy (non-hydrogen) atoms. The van der Waals surface area contributed by atoms with Crippen molar-refractivity contribution >= 4 is 190 Å². The van der Waals surface area contributed by atoms with Crippen molar-refractivity contribution in [3.8, 4) is 55.6 Å². The molecule has 490 valence electrons. The first-order valence-corrected chi connectivity index (χ1v) is 37.1. The Labute approximate surface area is 606 Å². The van der Waals surface area contributed by atoms with Gasteiger partial charge in [0.25, 0.3) is 0 Å². The molecule has 18 aromatic carbocycles. The molecule has 0 saturated carbocycles. The Bertz CT molecular complexity index is 8180. The van der Waals surface area contributed by atoms with Gasteiger partial charge in [-0.25, -0.2) is 0 Å². The Morgan fingerprint density at radius 3 is 1.46 bits per heavy atom. The molecule has 0 bridgehead atoms. The largest absolute Gasteiger partial charge is 0.455 e. The normalized spacial score (nSPS) is 12.9. The average Bonchev–Trinajstić information content (AvgIpc) is 1.51. The Kier molecular flexibility index (Phi) is 10.9. The zero-order chi connectivity index (χ0) is 69.3. The first-order chi connectivity index (χ1) is 52.3. The molecule has 0 amide bonds. The molecule has 0 aliphatic heterocycles. The molecule has 4 heteroatoms. The van der Waals surface area contributed by atoms with Crippen molar-refractivity contribution < 1.29 is 4.42 Å². The minimum Gasteiger partial charge on any atom is -0.455 e. The molecule has 0 radical (unpaired) electrons. The second-order valence-electron chi connectivity index (χ2n) is 30.8. The highest BCUT2D eigenvalue weighted by molar-refractivity contribution is 6.37. The van der Waals surface area contributed by atoms with Crippen LogP contribution in [0.5, 0.6) is 0 Å². The molecule has 4 nitrogen and oxygen atoms in total. The van der Waals surface area contributed by atoms with Crippen LogP contribution in [0.4, 0.5) is 0 Å². The van der Waals surface area contributed by atoms with Crippen LogP contribution in [0.2, 0.25) is 0 Å². The van der Waals surface area contributed by atoms with Crippen LogP contribution in [0, 0.1) is 0 Å². The van der Waals surface area contributed by atoms with E-state index in [-0.39, 0.29) is 5.41 Å². The zero-order valence-electron chi connectivity index (χ0n) is 58.3. The van der Waals surface area contributed by atoms with E-state index in [2.05, 4.69) is 349 Å². The highest BCUT2D eigenvalue weighted by atomic mass is 16.3. The third kappa shape index (κ3) is 7.23. The highest BCUT2D eigenvalue weighted by Crippen LogP contribution is 2.56. The summed E-state index contributed by atoms with van der Waals surface area (Å²) in [6.07, 6.45) is 0. The van der Waals surface area contributed by atoms with E-state index >= 15 is 0 Å². The van der Waals surface area contributed by atoms with Gasteiger partial charge in [0.05, 0.1) is 49.7 Å². The monoisotopic (exact) mass is 1340 g/mol. The molecular formula is C102H61N3O. The van der Waals surface area contributed by atoms with Crippen LogP contribution in [0.15, 0.2) is 320 Å². The third-order valence-electron chi connectivity index (χ3n) is 24.4. The van der Waals surface area contributed by atoms with Crippen LogP contribution in [0.1, 0.15) is 26.3 Å². The fraction of sp³-hybridized carbons (Fsp3) is 0.0392.